The fourth-order valence-electron chi connectivity index (χ4n) is 5.91. The van der Waals surface area contributed by atoms with Gasteiger partial charge in [0.25, 0.3) is 5.56 Å². The van der Waals surface area contributed by atoms with Crippen molar-refractivity contribution in [2.45, 2.75) is 25.9 Å². The molecule has 1 aromatic carbocycles. The smallest absolute Gasteiger partial charge is 0.252 e. The molecule has 4 heterocycles. The molecule has 13 nitrogen and oxygen atoms in total. The lowest BCUT2D eigenvalue weighted by atomic mass is 10.1. The zero-order valence-electron chi connectivity index (χ0n) is 26.0. The van der Waals surface area contributed by atoms with Gasteiger partial charge < -0.3 is 19.9 Å². The van der Waals surface area contributed by atoms with Gasteiger partial charge in [-0.25, -0.2) is 13.4 Å². The number of ether oxygens (including phenoxy) is 1. The van der Waals surface area contributed by atoms with Crippen molar-refractivity contribution in [3.63, 3.8) is 0 Å². The number of anilines is 3. The molecule has 2 aromatic heterocycles. The Labute approximate surface area is 264 Å². The first-order valence-electron chi connectivity index (χ1n) is 15.3. The first kappa shape index (κ1) is 32.5. The molecule has 0 unspecified atom stereocenters. The van der Waals surface area contributed by atoms with Gasteiger partial charge in [-0.2, -0.15) is 9.29 Å². The number of rotatable bonds is 12. The molecular formula is C31H42N8O5S. The molecule has 2 aliphatic rings. The molecule has 45 heavy (non-hydrogen) atoms. The maximum atomic E-state index is 13.0. The van der Waals surface area contributed by atoms with Gasteiger partial charge in [0.2, 0.25) is 21.9 Å². The maximum Gasteiger partial charge on any atom is 0.252 e. The molecule has 0 bridgehead atoms. The van der Waals surface area contributed by atoms with Gasteiger partial charge in [-0.3, -0.25) is 19.1 Å². The van der Waals surface area contributed by atoms with Gasteiger partial charge >= 0.3 is 0 Å². The van der Waals surface area contributed by atoms with Crippen molar-refractivity contribution in [3.8, 4) is 0 Å². The van der Waals surface area contributed by atoms with E-state index in [-0.39, 0.29) is 29.9 Å². The average molecular weight is 639 g/mol. The summed E-state index contributed by atoms with van der Waals surface area (Å²) in [7, 11) is -1.81. The molecule has 2 aliphatic heterocycles. The van der Waals surface area contributed by atoms with Crippen molar-refractivity contribution in [1.29, 1.82) is 0 Å². The summed E-state index contributed by atoms with van der Waals surface area (Å²) in [5.74, 6) is 0.328. The number of piperazine rings is 2. The van der Waals surface area contributed by atoms with Gasteiger partial charge in [0, 0.05) is 101 Å². The van der Waals surface area contributed by atoms with Crippen LogP contribution in [0.15, 0.2) is 60.0 Å². The lowest BCUT2D eigenvalue weighted by Crippen LogP contribution is -2.55. The van der Waals surface area contributed by atoms with E-state index >= 15 is 0 Å². The fraction of sp³-hybridized carbons (Fsp3) is 0.484. The highest BCUT2D eigenvalue weighted by molar-refractivity contribution is 7.89. The third kappa shape index (κ3) is 7.69. The van der Waals surface area contributed by atoms with E-state index in [1.165, 1.54) is 17.5 Å². The summed E-state index contributed by atoms with van der Waals surface area (Å²) in [5, 5.41) is 4.02. The topological polar surface area (TPSA) is 133 Å². The van der Waals surface area contributed by atoms with E-state index in [0.29, 0.717) is 64.0 Å². The fourth-order valence-corrected chi connectivity index (χ4v) is 7.26. The number of nitrogens with zero attached hydrogens (tertiary/aromatic N) is 7. The highest BCUT2D eigenvalue weighted by Gasteiger charge is 2.28. The predicted molar refractivity (Wildman–Crippen MR) is 175 cm³/mol. The second-order valence-corrected chi connectivity index (χ2v) is 13.3. The number of benzene rings is 1. The monoisotopic (exact) mass is 638 g/mol. The summed E-state index contributed by atoms with van der Waals surface area (Å²) < 4.78 is 33.1. The number of amides is 1. The standard InChI is InChI=1S/C31H42N8O5S/c1-4-26-23-37(28(40)5-2)13-12-35(26)16-19-39-29(41)11-6-24-22-32-31(34-30(24)39)33-25-7-9-27(10-8-25)36-14-17-38(18-15-36)45(42,43)21-20-44-3/h5-11,22,26H,2,4,12-21,23H2,1,3H3,(H,32,33,34)/t26-/m0/s1. The van der Waals surface area contributed by atoms with Crippen LogP contribution in [0, 0.1) is 0 Å². The molecule has 1 atom stereocenters. The number of pyridine rings is 1. The quantitative estimate of drug-likeness (QED) is 0.293. The minimum atomic E-state index is -3.32. The number of sulfonamides is 1. The number of hydrogen-bond donors (Lipinski definition) is 1. The second kappa shape index (κ2) is 14.5. The molecule has 2 fully saturated rings. The van der Waals surface area contributed by atoms with Crippen LogP contribution in [-0.4, -0.2) is 121 Å². The van der Waals surface area contributed by atoms with Crippen molar-refractivity contribution in [2.24, 2.45) is 0 Å². The van der Waals surface area contributed by atoms with E-state index in [2.05, 4.69) is 33.6 Å². The predicted octanol–water partition coefficient (Wildman–Crippen LogP) is 1.74. The molecular weight excluding hydrogens is 596 g/mol. The SMILES string of the molecule is C=CC(=O)N1CCN(CCn2c(=O)ccc3cnc(Nc4ccc(N5CCN(S(=O)(=O)CCOC)CC5)cc4)nc32)[C@@H](CC)C1. The molecule has 2 saturated heterocycles. The number of nitrogens with one attached hydrogen (secondary N) is 1. The Hall–Kier alpha value is -3.85. The molecule has 1 N–H and O–H groups in total. The molecule has 0 radical (unpaired) electrons. The molecule has 14 heteroatoms. The second-order valence-electron chi connectivity index (χ2n) is 11.2. The molecule has 242 valence electrons. The zero-order valence-corrected chi connectivity index (χ0v) is 26.8. The number of aromatic nitrogens is 3. The molecule has 0 saturated carbocycles. The third-order valence-corrected chi connectivity index (χ3v) is 10.4. The van der Waals surface area contributed by atoms with Crippen LogP contribution in [0.1, 0.15) is 13.3 Å². The summed E-state index contributed by atoms with van der Waals surface area (Å²) in [5.41, 5.74) is 2.23. The van der Waals surface area contributed by atoms with E-state index in [9.17, 15) is 18.0 Å². The van der Waals surface area contributed by atoms with E-state index in [4.69, 9.17) is 9.72 Å². The van der Waals surface area contributed by atoms with Crippen LogP contribution in [0.2, 0.25) is 0 Å². The van der Waals surface area contributed by atoms with E-state index in [0.717, 1.165) is 29.7 Å². The summed E-state index contributed by atoms with van der Waals surface area (Å²) >= 11 is 0. The number of hydrogen-bond acceptors (Lipinski definition) is 10. The van der Waals surface area contributed by atoms with Crippen LogP contribution in [0.25, 0.3) is 11.0 Å². The zero-order chi connectivity index (χ0) is 32.0. The minimum absolute atomic E-state index is 0.00689. The number of carbonyl (C=O) groups excluding carboxylic acids is 1. The van der Waals surface area contributed by atoms with Crippen LogP contribution in [-0.2, 0) is 26.1 Å². The first-order chi connectivity index (χ1) is 21.7. The van der Waals surface area contributed by atoms with Crippen LogP contribution in [0.3, 0.4) is 0 Å². The molecule has 0 spiro atoms. The summed E-state index contributed by atoms with van der Waals surface area (Å²) in [6.07, 6.45) is 3.97. The lowest BCUT2D eigenvalue weighted by Gasteiger charge is -2.41. The Morgan fingerprint density at radius 2 is 1.82 bits per heavy atom. The Balaban J connectivity index is 1.23. The van der Waals surface area contributed by atoms with Crippen molar-refractivity contribution in [2.75, 3.05) is 82.0 Å². The minimum Gasteiger partial charge on any atom is -0.384 e. The van der Waals surface area contributed by atoms with Crippen LogP contribution >= 0.6 is 0 Å². The van der Waals surface area contributed by atoms with Crippen LogP contribution in [0.5, 0.6) is 0 Å². The van der Waals surface area contributed by atoms with Crippen molar-refractivity contribution < 1.29 is 17.9 Å². The Kier molecular flexibility index (Phi) is 10.5. The van der Waals surface area contributed by atoms with Crippen molar-refractivity contribution >= 4 is 44.3 Å². The van der Waals surface area contributed by atoms with E-state index in [1.807, 2.05) is 29.2 Å². The van der Waals surface area contributed by atoms with Crippen LogP contribution < -0.4 is 15.8 Å². The van der Waals surface area contributed by atoms with Gasteiger partial charge in [-0.15, -0.1) is 0 Å². The molecule has 3 aromatic rings. The average Bonchev–Trinajstić information content (AvgIpc) is 3.07. The largest absolute Gasteiger partial charge is 0.384 e. The van der Waals surface area contributed by atoms with Gasteiger partial charge in [-0.1, -0.05) is 13.5 Å². The molecule has 0 aliphatic carbocycles. The van der Waals surface area contributed by atoms with Crippen LogP contribution in [0.4, 0.5) is 17.3 Å². The Morgan fingerprint density at radius 3 is 2.51 bits per heavy atom. The van der Waals surface area contributed by atoms with Gasteiger partial charge in [-0.05, 0) is 42.8 Å². The lowest BCUT2D eigenvalue weighted by molar-refractivity contribution is -0.129. The summed E-state index contributed by atoms with van der Waals surface area (Å²) in [6, 6.07) is 11.3. The molecule has 5 rings (SSSR count). The summed E-state index contributed by atoms with van der Waals surface area (Å²) in [6.45, 7) is 11.1. The van der Waals surface area contributed by atoms with Gasteiger partial charge in [0.1, 0.15) is 5.65 Å². The van der Waals surface area contributed by atoms with Crippen molar-refractivity contribution in [1.82, 2.24) is 28.6 Å². The van der Waals surface area contributed by atoms with Gasteiger partial charge in [0.05, 0.1) is 12.4 Å². The normalized spacial score (nSPS) is 18.3. The Bertz CT molecular complexity index is 1650. The first-order valence-corrected chi connectivity index (χ1v) is 16.9. The maximum absolute atomic E-state index is 13.0. The molecule has 1 amide bonds. The third-order valence-electron chi connectivity index (χ3n) is 8.56. The number of methoxy groups -OCH3 is 1. The highest BCUT2D eigenvalue weighted by atomic mass is 32.2. The Morgan fingerprint density at radius 1 is 1.07 bits per heavy atom. The number of carbonyl (C=O) groups is 1. The highest BCUT2D eigenvalue weighted by Crippen LogP contribution is 2.23. The van der Waals surface area contributed by atoms with E-state index in [1.54, 1.807) is 22.9 Å². The summed E-state index contributed by atoms with van der Waals surface area (Å²) in [4.78, 5) is 40.6. The van der Waals surface area contributed by atoms with Gasteiger partial charge in [0.15, 0.2) is 0 Å². The van der Waals surface area contributed by atoms with E-state index < -0.39 is 10.0 Å². The van der Waals surface area contributed by atoms with Crippen molar-refractivity contribution in [3.05, 3.63) is 65.6 Å². The number of fused-ring (bicyclic) bond motifs is 1.